The summed E-state index contributed by atoms with van der Waals surface area (Å²) in [5, 5.41) is 9.94. The number of carbonyl (C=O) groups is 1. The SMILES string of the molecule is CC(C)C[C@H](C(=O)NO)N(Cc1ccccc1)[P@@](C)(=O)c1ccccc1. The molecule has 0 bridgehead atoms. The van der Waals surface area contributed by atoms with Crippen LogP contribution in [0.2, 0.25) is 0 Å². The molecule has 5 nitrogen and oxygen atoms in total. The van der Waals surface area contributed by atoms with Crippen LogP contribution in [-0.4, -0.2) is 28.5 Å². The van der Waals surface area contributed by atoms with Crippen LogP contribution in [-0.2, 0) is 15.9 Å². The Labute approximate surface area is 155 Å². The van der Waals surface area contributed by atoms with Crippen molar-refractivity contribution in [2.45, 2.75) is 32.9 Å². The summed E-state index contributed by atoms with van der Waals surface area (Å²) in [5.41, 5.74) is 2.72. The van der Waals surface area contributed by atoms with Crippen molar-refractivity contribution in [3.8, 4) is 0 Å². The number of carbonyl (C=O) groups excluding carboxylic acids is 1. The number of amides is 1. The van der Waals surface area contributed by atoms with Gasteiger partial charge in [-0.3, -0.25) is 10.0 Å². The standard InChI is InChI=1S/C20H27N2O3P/c1-16(2)14-19(20(23)21-24)22(15-17-10-6-4-7-11-17)26(3,25)18-12-8-5-9-13-18/h4-13,16,19,24H,14-15H2,1-3H3,(H,21,23)/t19-,26+/m1/s1. The lowest BCUT2D eigenvalue weighted by Crippen LogP contribution is -2.46. The number of rotatable bonds is 8. The fourth-order valence-electron chi connectivity index (χ4n) is 3.02. The molecule has 0 spiro atoms. The van der Waals surface area contributed by atoms with Gasteiger partial charge in [-0.1, -0.05) is 74.5 Å². The highest BCUT2D eigenvalue weighted by Gasteiger charge is 2.37. The minimum atomic E-state index is -3.04. The summed E-state index contributed by atoms with van der Waals surface area (Å²) >= 11 is 0. The van der Waals surface area contributed by atoms with Gasteiger partial charge >= 0.3 is 0 Å². The molecule has 0 fully saturated rings. The third-order valence-electron chi connectivity index (χ3n) is 4.38. The van der Waals surface area contributed by atoms with Crippen LogP contribution in [0.4, 0.5) is 0 Å². The van der Waals surface area contributed by atoms with Crippen molar-refractivity contribution in [3.05, 3.63) is 66.2 Å². The van der Waals surface area contributed by atoms with Gasteiger partial charge in [0.2, 0.25) is 0 Å². The first-order valence-electron chi connectivity index (χ1n) is 8.74. The molecule has 2 aromatic carbocycles. The Balaban J connectivity index is 2.49. The quantitative estimate of drug-likeness (QED) is 0.420. The average molecular weight is 374 g/mol. The Hall–Kier alpha value is -1.94. The van der Waals surface area contributed by atoms with Gasteiger partial charge < -0.3 is 4.57 Å². The van der Waals surface area contributed by atoms with Crippen LogP contribution in [0.5, 0.6) is 0 Å². The van der Waals surface area contributed by atoms with Gasteiger partial charge in [-0.15, -0.1) is 0 Å². The molecule has 2 aromatic rings. The molecule has 0 aromatic heterocycles. The Kier molecular flexibility index (Phi) is 7.15. The molecular weight excluding hydrogens is 347 g/mol. The zero-order chi connectivity index (χ0) is 19.2. The van der Waals surface area contributed by atoms with Crippen LogP contribution in [0.15, 0.2) is 60.7 Å². The molecule has 0 unspecified atom stereocenters. The fourth-order valence-corrected chi connectivity index (χ4v) is 5.21. The average Bonchev–Trinajstić information content (AvgIpc) is 2.65. The minimum absolute atomic E-state index is 0.200. The lowest BCUT2D eigenvalue weighted by molar-refractivity contribution is -0.133. The minimum Gasteiger partial charge on any atom is -0.302 e. The zero-order valence-electron chi connectivity index (χ0n) is 15.5. The largest absolute Gasteiger partial charge is 0.302 e. The Morgan fingerprint density at radius 3 is 2.12 bits per heavy atom. The monoisotopic (exact) mass is 374 g/mol. The van der Waals surface area contributed by atoms with E-state index in [1.165, 1.54) is 0 Å². The van der Waals surface area contributed by atoms with E-state index in [1.807, 2.05) is 74.5 Å². The summed E-state index contributed by atoms with van der Waals surface area (Å²) < 4.78 is 15.6. The van der Waals surface area contributed by atoms with E-state index in [0.29, 0.717) is 18.3 Å². The van der Waals surface area contributed by atoms with E-state index in [0.717, 1.165) is 5.56 Å². The van der Waals surface area contributed by atoms with Gasteiger partial charge in [0.15, 0.2) is 7.29 Å². The number of hydrogen-bond acceptors (Lipinski definition) is 3. The molecule has 0 saturated heterocycles. The summed E-state index contributed by atoms with van der Waals surface area (Å²) in [7, 11) is -3.04. The summed E-state index contributed by atoms with van der Waals surface area (Å²) in [6.45, 7) is 6.04. The van der Waals surface area contributed by atoms with Crippen LogP contribution in [0.25, 0.3) is 0 Å². The number of hydroxylamine groups is 1. The van der Waals surface area contributed by atoms with E-state index in [-0.39, 0.29) is 5.92 Å². The zero-order valence-corrected chi connectivity index (χ0v) is 16.4. The van der Waals surface area contributed by atoms with Gasteiger partial charge in [0, 0.05) is 18.5 Å². The lowest BCUT2D eigenvalue weighted by Gasteiger charge is -2.36. The van der Waals surface area contributed by atoms with Gasteiger partial charge in [0.1, 0.15) is 0 Å². The van der Waals surface area contributed by atoms with E-state index in [1.54, 1.807) is 16.8 Å². The second-order valence-electron chi connectivity index (χ2n) is 6.92. The Bertz CT molecular complexity index is 750. The van der Waals surface area contributed by atoms with Gasteiger partial charge in [-0.25, -0.2) is 10.2 Å². The molecule has 6 heteroatoms. The number of benzene rings is 2. The molecule has 0 aliphatic heterocycles. The number of nitrogens with zero attached hydrogens (tertiary/aromatic N) is 1. The van der Waals surface area contributed by atoms with Gasteiger partial charge in [-0.05, 0) is 17.9 Å². The molecule has 140 valence electrons. The first-order valence-corrected chi connectivity index (χ1v) is 10.8. The van der Waals surface area contributed by atoms with Crippen molar-refractivity contribution in [1.82, 2.24) is 10.2 Å². The topological polar surface area (TPSA) is 69.6 Å². The highest BCUT2D eigenvalue weighted by atomic mass is 31.2. The van der Waals surface area contributed by atoms with Crippen molar-refractivity contribution in [1.29, 1.82) is 0 Å². The van der Waals surface area contributed by atoms with Crippen molar-refractivity contribution in [2.24, 2.45) is 5.92 Å². The third-order valence-corrected chi connectivity index (χ3v) is 7.04. The van der Waals surface area contributed by atoms with E-state index in [4.69, 9.17) is 0 Å². The maximum atomic E-state index is 13.8. The van der Waals surface area contributed by atoms with E-state index in [9.17, 15) is 14.6 Å². The van der Waals surface area contributed by atoms with E-state index < -0.39 is 19.2 Å². The van der Waals surface area contributed by atoms with E-state index in [2.05, 4.69) is 0 Å². The molecule has 2 rings (SSSR count). The van der Waals surface area contributed by atoms with Gasteiger partial charge in [0.25, 0.3) is 5.91 Å². The van der Waals surface area contributed by atoms with Crippen molar-refractivity contribution < 1.29 is 14.6 Å². The molecular formula is C20H27N2O3P. The molecule has 26 heavy (non-hydrogen) atoms. The molecule has 2 atom stereocenters. The van der Waals surface area contributed by atoms with Crippen LogP contribution < -0.4 is 10.8 Å². The summed E-state index contributed by atoms with van der Waals surface area (Å²) in [6.07, 6.45) is 0.490. The lowest BCUT2D eigenvalue weighted by atomic mass is 10.0. The summed E-state index contributed by atoms with van der Waals surface area (Å²) in [4.78, 5) is 12.4. The molecule has 0 radical (unpaired) electrons. The smallest absolute Gasteiger partial charge is 0.261 e. The molecule has 2 N–H and O–H groups in total. The maximum absolute atomic E-state index is 13.8. The van der Waals surface area contributed by atoms with Crippen molar-refractivity contribution in [2.75, 3.05) is 6.66 Å². The predicted octanol–water partition coefficient (Wildman–Crippen LogP) is 3.64. The molecule has 0 saturated carbocycles. The second kappa shape index (κ2) is 9.13. The van der Waals surface area contributed by atoms with Crippen LogP contribution in [0, 0.1) is 5.92 Å². The van der Waals surface area contributed by atoms with Crippen LogP contribution in [0.3, 0.4) is 0 Å². The number of hydrogen-bond donors (Lipinski definition) is 2. The maximum Gasteiger partial charge on any atom is 0.261 e. The number of nitrogens with one attached hydrogen (secondary N) is 1. The second-order valence-corrected chi connectivity index (χ2v) is 9.71. The first-order chi connectivity index (χ1) is 12.4. The summed E-state index contributed by atoms with van der Waals surface area (Å²) in [5.74, 6) is -0.334. The highest BCUT2D eigenvalue weighted by Crippen LogP contribution is 2.48. The molecule has 0 heterocycles. The summed E-state index contributed by atoms with van der Waals surface area (Å²) in [6, 6.07) is 18.1. The van der Waals surface area contributed by atoms with Crippen molar-refractivity contribution in [3.63, 3.8) is 0 Å². The molecule has 0 aliphatic carbocycles. The highest BCUT2D eigenvalue weighted by molar-refractivity contribution is 7.68. The fraction of sp³-hybridized carbons (Fsp3) is 0.350. The van der Waals surface area contributed by atoms with Crippen molar-refractivity contribution >= 4 is 18.5 Å². The van der Waals surface area contributed by atoms with E-state index >= 15 is 0 Å². The third kappa shape index (κ3) is 5.04. The van der Waals surface area contributed by atoms with Crippen LogP contribution >= 0.6 is 7.29 Å². The van der Waals surface area contributed by atoms with Gasteiger partial charge in [0.05, 0.1) is 6.04 Å². The Morgan fingerprint density at radius 1 is 1.08 bits per heavy atom. The molecule has 0 aliphatic rings. The molecule has 1 amide bonds. The first kappa shape index (κ1) is 20.4. The van der Waals surface area contributed by atoms with Gasteiger partial charge in [-0.2, -0.15) is 0 Å². The normalized spacial score (nSPS) is 14.8. The van der Waals surface area contributed by atoms with Crippen LogP contribution in [0.1, 0.15) is 25.8 Å². The Morgan fingerprint density at radius 2 is 1.62 bits per heavy atom. The predicted molar refractivity (Wildman–Crippen MR) is 105 cm³/mol.